The summed E-state index contributed by atoms with van der Waals surface area (Å²) < 4.78 is 0. The van der Waals surface area contributed by atoms with E-state index in [2.05, 4.69) is 12.1 Å². The molecule has 136 valence electrons. The molecule has 4 heteroatoms. The topological polar surface area (TPSA) is 54.5 Å². The molecule has 0 unspecified atom stereocenters. The van der Waals surface area contributed by atoms with Gasteiger partial charge in [0.25, 0.3) is 5.91 Å². The monoisotopic (exact) mass is 343 g/mol. The maximum Gasteiger partial charge on any atom is 0.291 e. The molecule has 4 nitrogen and oxygen atoms in total. The fraction of sp³-hybridized carbons (Fsp3) is 0.571. The number of ketones is 2. The molecule has 1 aromatic carbocycles. The van der Waals surface area contributed by atoms with Gasteiger partial charge in [0, 0.05) is 18.4 Å². The van der Waals surface area contributed by atoms with Crippen LogP contribution in [0.4, 0.5) is 0 Å². The highest BCUT2D eigenvalue weighted by Crippen LogP contribution is 2.24. The number of amides is 1. The number of carbonyl (C=O) groups excluding carboxylic acids is 3. The summed E-state index contributed by atoms with van der Waals surface area (Å²) in [6, 6.07) is 9.82. The Balaban J connectivity index is 1.83. The number of carbonyl (C=O) groups is 3. The highest BCUT2D eigenvalue weighted by Gasteiger charge is 2.39. The lowest BCUT2D eigenvalue weighted by Gasteiger charge is -2.26. The Hall–Kier alpha value is -1.97. The summed E-state index contributed by atoms with van der Waals surface area (Å²) in [5.74, 6) is -0.801. The van der Waals surface area contributed by atoms with Gasteiger partial charge in [-0.25, -0.2) is 0 Å². The molecule has 1 aliphatic rings. The van der Waals surface area contributed by atoms with Crippen LogP contribution in [-0.2, 0) is 20.8 Å². The van der Waals surface area contributed by atoms with E-state index in [0.717, 1.165) is 25.7 Å². The van der Waals surface area contributed by atoms with Crippen molar-refractivity contribution in [3.8, 4) is 0 Å². The Morgan fingerprint density at radius 3 is 2.40 bits per heavy atom. The molecule has 1 heterocycles. The molecule has 0 saturated carbocycles. The van der Waals surface area contributed by atoms with Crippen molar-refractivity contribution in [3.05, 3.63) is 35.9 Å². The molecule has 0 bridgehead atoms. The van der Waals surface area contributed by atoms with Crippen molar-refractivity contribution >= 4 is 17.5 Å². The maximum absolute atomic E-state index is 12.5. The van der Waals surface area contributed by atoms with Gasteiger partial charge in [-0.05, 0) is 37.7 Å². The van der Waals surface area contributed by atoms with Gasteiger partial charge in [-0.15, -0.1) is 0 Å². The van der Waals surface area contributed by atoms with Crippen LogP contribution in [0, 0.1) is 5.41 Å². The number of Topliss-reactive ketones (excluding diaryl/α,β-unsaturated/α-hetero) is 2. The smallest absolute Gasteiger partial charge is 0.291 e. The molecule has 2 rings (SSSR count). The zero-order valence-electron chi connectivity index (χ0n) is 15.6. The summed E-state index contributed by atoms with van der Waals surface area (Å²) in [7, 11) is 0. The quantitative estimate of drug-likeness (QED) is 0.562. The van der Waals surface area contributed by atoms with Crippen LogP contribution in [0.25, 0.3) is 0 Å². The van der Waals surface area contributed by atoms with Gasteiger partial charge < -0.3 is 4.90 Å². The minimum atomic E-state index is -0.705. The Kier molecular flexibility index (Phi) is 6.51. The van der Waals surface area contributed by atoms with E-state index in [1.807, 2.05) is 18.2 Å². The van der Waals surface area contributed by atoms with Gasteiger partial charge >= 0.3 is 0 Å². The van der Waals surface area contributed by atoms with E-state index < -0.39 is 23.1 Å². The molecule has 0 N–H and O–H groups in total. The summed E-state index contributed by atoms with van der Waals surface area (Å²) in [6.45, 7) is 5.73. The zero-order chi connectivity index (χ0) is 18.4. The number of aryl methyl sites for hydroxylation is 1. The fourth-order valence-electron chi connectivity index (χ4n) is 3.24. The normalized spacial score (nSPS) is 17.6. The van der Waals surface area contributed by atoms with Crippen LogP contribution in [0.1, 0.15) is 58.4 Å². The standard InChI is InChI=1S/C21H29NO3/c1-21(2,3)19(24)20(25)22-15-9-13-17(22)18(23)14-8-7-12-16-10-5-4-6-11-16/h4-6,10-11,17H,7-9,12-15H2,1-3H3/t17-/m0/s1. The molecule has 0 aliphatic carbocycles. The lowest BCUT2D eigenvalue weighted by atomic mass is 9.89. The van der Waals surface area contributed by atoms with Gasteiger partial charge in [-0.2, -0.15) is 0 Å². The molecular formula is C21H29NO3. The Morgan fingerprint density at radius 2 is 1.76 bits per heavy atom. The van der Waals surface area contributed by atoms with Crippen LogP contribution < -0.4 is 0 Å². The van der Waals surface area contributed by atoms with E-state index in [1.165, 1.54) is 10.5 Å². The van der Waals surface area contributed by atoms with E-state index in [9.17, 15) is 14.4 Å². The second-order valence-electron chi connectivity index (χ2n) is 7.89. The molecule has 25 heavy (non-hydrogen) atoms. The van der Waals surface area contributed by atoms with Gasteiger partial charge in [0.15, 0.2) is 5.78 Å². The second-order valence-corrected chi connectivity index (χ2v) is 7.89. The molecule has 1 aromatic rings. The average Bonchev–Trinajstić information content (AvgIpc) is 3.07. The van der Waals surface area contributed by atoms with Crippen LogP contribution in [0.3, 0.4) is 0 Å². The van der Waals surface area contributed by atoms with Crippen LogP contribution in [0.2, 0.25) is 0 Å². The van der Waals surface area contributed by atoms with Crippen LogP contribution in [0.5, 0.6) is 0 Å². The Bertz CT molecular complexity index is 616. The zero-order valence-corrected chi connectivity index (χ0v) is 15.6. The van der Waals surface area contributed by atoms with Gasteiger partial charge in [0.05, 0.1) is 6.04 Å². The van der Waals surface area contributed by atoms with Crippen LogP contribution in [-0.4, -0.2) is 35.0 Å². The van der Waals surface area contributed by atoms with Crippen molar-refractivity contribution in [3.63, 3.8) is 0 Å². The highest BCUT2D eigenvalue weighted by atomic mass is 16.2. The summed E-state index contributed by atoms with van der Waals surface area (Å²) in [5.41, 5.74) is 0.576. The van der Waals surface area contributed by atoms with E-state index in [0.29, 0.717) is 19.4 Å². The first-order chi connectivity index (χ1) is 11.8. The lowest BCUT2D eigenvalue weighted by molar-refractivity contribution is -0.150. The van der Waals surface area contributed by atoms with E-state index in [1.54, 1.807) is 20.8 Å². The number of unbranched alkanes of at least 4 members (excludes halogenated alkanes) is 1. The van der Waals surface area contributed by atoms with Crippen molar-refractivity contribution in [1.82, 2.24) is 4.90 Å². The molecule has 1 atom stereocenters. The molecule has 1 aliphatic heterocycles. The van der Waals surface area contributed by atoms with E-state index in [-0.39, 0.29) is 5.78 Å². The SMILES string of the molecule is CC(C)(C)C(=O)C(=O)N1CCC[C@H]1C(=O)CCCCc1ccccc1. The van der Waals surface area contributed by atoms with Crippen LogP contribution >= 0.6 is 0 Å². The Labute approximate surface area is 150 Å². The third-order valence-electron chi connectivity index (χ3n) is 4.74. The summed E-state index contributed by atoms with van der Waals surface area (Å²) in [4.78, 5) is 38.7. The summed E-state index contributed by atoms with van der Waals surface area (Å²) in [6.07, 6.45) is 4.69. The first-order valence-electron chi connectivity index (χ1n) is 9.23. The summed E-state index contributed by atoms with van der Waals surface area (Å²) in [5, 5.41) is 0. The molecular weight excluding hydrogens is 314 g/mol. The van der Waals surface area contributed by atoms with Gasteiger partial charge in [-0.1, -0.05) is 51.1 Å². The van der Waals surface area contributed by atoms with E-state index in [4.69, 9.17) is 0 Å². The lowest BCUT2D eigenvalue weighted by Crippen LogP contribution is -2.46. The maximum atomic E-state index is 12.5. The second kappa shape index (κ2) is 8.41. The minimum Gasteiger partial charge on any atom is -0.326 e. The molecule has 0 aromatic heterocycles. The predicted octanol–water partition coefficient (Wildman–Crippen LogP) is 3.57. The van der Waals surface area contributed by atoms with Gasteiger partial charge in [-0.3, -0.25) is 14.4 Å². The molecule has 1 saturated heterocycles. The van der Waals surface area contributed by atoms with Crippen molar-refractivity contribution in [2.24, 2.45) is 5.41 Å². The number of hydrogen-bond acceptors (Lipinski definition) is 3. The average molecular weight is 343 g/mol. The molecule has 0 radical (unpaired) electrons. The molecule has 0 spiro atoms. The first-order valence-corrected chi connectivity index (χ1v) is 9.23. The van der Waals surface area contributed by atoms with Crippen molar-refractivity contribution in [2.45, 2.75) is 65.3 Å². The van der Waals surface area contributed by atoms with Crippen molar-refractivity contribution in [2.75, 3.05) is 6.54 Å². The largest absolute Gasteiger partial charge is 0.326 e. The van der Waals surface area contributed by atoms with Gasteiger partial charge in [0.2, 0.25) is 5.78 Å². The molecule has 1 amide bonds. The first kappa shape index (κ1) is 19.4. The summed E-state index contributed by atoms with van der Waals surface area (Å²) >= 11 is 0. The third-order valence-corrected chi connectivity index (χ3v) is 4.74. The number of hydrogen-bond donors (Lipinski definition) is 0. The number of likely N-dealkylation sites (tertiary alicyclic amines) is 1. The fourth-order valence-corrected chi connectivity index (χ4v) is 3.24. The number of nitrogens with zero attached hydrogens (tertiary/aromatic N) is 1. The van der Waals surface area contributed by atoms with Gasteiger partial charge in [0.1, 0.15) is 0 Å². The van der Waals surface area contributed by atoms with Crippen molar-refractivity contribution < 1.29 is 14.4 Å². The van der Waals surface area contributed by atoms with Crippen LogP contribution in [0.15, 0.2) is 30.3 Å². The van der Waals surface area contributed by atoms with E-state index >= 15 is 0 Å². The third kappa shape index (κ3) is 5.25. The van der Waals surface area contributed by atoms with Crippen molar-refractivity contribution in [1.29, 1.82) is 0 Å². The number of benzene rings is 1. The predicted molar refractivity (Wildman–Crippen MR) is 98.2 cm³/mol. The molecule has 1 fully saturated rings. The minimum absolute atomic E-state index is 0.0978. The Morgan fingerprint density at radius 1 is 1.08 bits per heavy atom. The highest BCUT2D eigenvalue weighted by molar-refractivity contribution is 6.38. The number of rotatable bonds is 7.